The van der Waals surface area contributed by atoms with Crippen LogP contribution in [0.2, 0.25) is 0 Å². The number of aromatic nitrogens is 2. The van der Waals surface area contributed by atoms with Gasteiger partial charge in [0.15, 0.2) is 0 Å². The summed E-state index contributed by atoms with van der Waals surface area (Å²) in [5.74, 6) is 2.75. The summed E-state index contributed by atoms with van der Waals surface area (Å²) in [7, 11) is 0. The molecular formula is C16H18N2. The summed E-state index contributed by atoms with van der Waals surface area (Å²) in [5, 5.41) is 0. The van der Waals surface area contributed by atoms with Crippen LogP contribution < -0.4 is 0 Å². The molecule has 0 saturated heterocycles. The Hall–Kier alpha value is -2.01. The zero-order chi connectivity index (χ0) is 13.2. The van der Waals surface area contributed by atoms with Crippen molar-refractivity contribution in [2.24, 2.45) is 0 Å². The Kier molecular flexibility index (Phi) is 3.25. The van der Waals surface area contributed by atoms with E-state index < -0.39 is 0 Å². The maximum absolute atomic E-state index is 5.57. The van der Waals surface area contributed by atoms with Gasteiger partial charge in [-0.2, -0.15) is 0 Å². The molecule has 0 N–H and O–H groups in total. The maximum Gasteiger partial charge on any atom is 0.0922 e. The van der Waals surface area contributed by atoms with Gasteiger partial charge in [-0.05, 0) is 23.8 Å². The zero-order valence-corrected chi connectivity index (χ0v) is 11.1. The van der Waals surface area contributed by atoms with Gasteiger partial charge in [-0.15, -0.1) is 6.42 Å². The Morgan fingerprint density at radius 2 is 2.06 bits per heavy atom. The standard InChI is InChI=1S/C16H18N2/c1-5-14-8-9-15(16(2,3)4)18(14)12-13-7-6-10-17-11-13/h1,6-11H,12H2,2-4H3. The van der Waals surface area contributed by atoms with Gasteiger partial charge in [-0.25, -0.2) is 0 Å². The van der Waals surface area contributed by atoms with E-state index in [-0.39, 0.29) is 5.41 Å². The molecule has 0 aliphatic carbocycles. The minimum Gasteiger partial charge on any atom is -0.333 e. The van der Waals surface area contributed by atoms with Crippen molar-refractivity contribution < 1.29 is 0 Å². The van der Waals surface area contributed by atoms with E-state index in [9.17, 15) is 0 Å². The average molecular weight is 238 g/mol. The highest BCUT2D eigenvalue weighted by molar-refractivity contribution is 5.34. The third-order valence-corrected chi connectivity index (χ3v) is 2.96. The molecule has 0 bridgehead atoms. The third-order valence-electron chi connectivity index (χ3n) is 2.96. The molecule has 0 atom stereocenters. The fourth-order valence-electron chi connectivity index (χ4n) is 2.09. The Morgan fingerprint density at radius 3 is 2.61 bits per heavy atom. The van der Waals surface area contributed by atoms with Crippen molar-refractivity contribution in [3.8, 4) is 12.3 Å². The van der Waals surface area contributed by atoms with Gasteiger partial charge in [0, 0.05) is 30.0 Å². The van der Waals surface area contributed by atoms with E-state index in [0.29, 0.717) is 0 Å². The van der Waals surface area contributed by atoms with Crippen molar-refractivity contribution in [3.63, 3.8) is 0 Å². The number of rotatable bonds is 2. The van der Waals surface area contributed by atoms with Crippen LogP contribution in [0.5, 0.6) is 0 Å². The van der Waals surface area contributed by atoms with Crippen molar-refractivity contribution in [2.75, 3.05) is 0 Å². The van der Waals surface area contributed by atoms with E-state index in [1.54, 1.807) is 6.20 Å². The molecule has 2 aromatic heterocycles. The number of hydrogen-bond acceptors (Lipinski definition) is 1. The topological polar surface area (TPSA) is 17.8 Å². The lowest BCUT2D eigenvalue weighted by molar-refractivity contribution is 0.529. The molecule has 0 aliphatic heterocycles. The predicted molar refractivity (Wildman–Crippen MR) is 74.4 cm³/mol. The Balaban J connectivity index is 2.43. The lowest BCUT2D eigenvalue weighted by Gasteiger charge is -2.22. The monoisotopic (exact) mass is 238 g/mol. The smallest absolute Gasteiger partial charge is 0.0922 e. The first-order valence-corrected chi connectivity index (χ1v) is 6.08. The van der Waals surface area contributed by atoms with Crippen LogP contribution in [0.4, 0.5) is 0 Å². The quantitative estimate of drug-likeness (QED) is 0.735. The van der Waals surface area contributed by atoms with Gasteiger partial charge in [0.05, 0.1) is 5.69 Å². The molecule has 0 saturated carbocycles. The molecule has 0 fully saturated rings. The fourth-order valence-corrected chi connectivity index (χ4v) is 2.09. The summed E-state index contributed by atoms with van der Waals surface area (Å²) in [5.41, 5.74) is 3.41. The molecule has 0 unspecified atom stereocenters. The molecule has 18 heavy (non-hydrogen) atoms. The molecule has 2 heterocycles. The number of nitrogens with zero attached hydrogens (tertiary/aromatic N) is 2. The van der Waals surface area contributed by atoms with E-state index >= 15 is 0 Å². The van der Waals surface area contributed by atoms with Crippen LogP contribution in [0, 0.1) is 12.3 Å². The fraction of sp³-hybridized carbons (Fsp3) is 0.312. The molecule has 2 rings (SSSR count). The minimum atomic E-state index is 0.0807. The molecule has 0 aliphatic rings. The summed E-state index contributed by atoms with van der Waals surface area (Å²) < 4.78 is 2.19. The van der Waals surface area contributed by atoms with Crippen LogP contribution in [-0.4, -0.2) is 9.55 Å². The largest absolute Gasteiger partial charge is 0.333 e. The van der Waals surface area contributed by atoms with Crippen molar-refractivity contribution >= 4 is 0 Å². The van der Waals surface area contributed by atoms with Crippen molar-refractivity contribution in [2.45, 2.75) is 32.7 Å². The van der Waals surface area contributed by atoms with Gasteiger partial charge in [0.25, 0.3) is 0 Å². The van der Waals surface area contributed by atoms with Crippen LogP contribution in [-0.2, 0) is 12.0 Å². The van der Waals surface area contributed by atoms with Crippen LogP contribution in [0.1, 0.15) is 37.7 Å². The Morgan fingerprint density at radius 1 is 1.28 bits per heavy atom. The first kappa shape index (κ1) is 12.4. The van der Waals surface area contributed by atoms with Crippen molar-refractivity contribution in [1.29, 1.82) is 0 Å². The predicted octanol–water partition coefficient (Wildman–Crippen LogP) is 3.21. The second kappa shape index (κ2) is 4.70. The molecule has 0 radical (unpaired) electrons. The van der Waals surface area contributed by atoms with Gasteiger partial charge < -0.3 is 4.57 Å². The molecule has 92 valence electrons. The number of hydrogen-bond donors (Lipinski definition) is 0. The summed E-state index contributed by atoms with van der Waals surface area (Å²) in [4.78, 5) is 4.15. The van der Waals surface area contributed by atoms with E-state index in [0.717, 1.165) is 17.8 Å². The number of terminal acetylenes is 1. The Bertz CT molecular complexity index is 565. The molecule has 2 aromatic rings. The van der Waals surface area contributed by atoms with Gasteiger partial charge >= 0.3 is 0 Å². The second-order valence-electron chi connectivity index (χ2n) is 5.45. The van der Waals surface area contributed by atoms with E-state index in [1.165, 1.54) is 5.69 Å². The highest BCUT2D eigenvalue weighted by Crippen LogP contribution is 2.25. The van der Waals surface area contributed by atoms with Crippen LogP contribution in [0.25, 0.3) is 0 Å². The highest BCUT2D eigenvalue weighted by Gasteiger charge is 2.19. The van der Waals surface area contributed by atoms with E-state index in [4.69, 9.17) is 6.42 Å². The van der Waals surface area contributed by atoms with Crippen LogP contribution in [0.3, 0.4) is 0 Å². The van der Waals surface area contributed by atoms with Crippen LogP contribution in [0.15, 0.2) is 36.7 Å². The molecule has 2 heteroatoms. The summed E-state index contributed by atoms with van der Waals surface area (Å²) in [6.07, 6.45) is 9.24. The zero-order valence-electron chi connectivity index (χ0n) is 11.1. The molecule has 0 amide bonds. The van der Waals surface area contributed by atoms with Gasteiger partial charge in [0.2, 0.25) is 0 Å². The maximum atomic E-state index is 5.57. The van der Waals surface area contributed by atoms with Gasteiger partial charge in [0.1, 0.15) is 0 Å². The molecular weight excluding hydrogens is 220 g/mol. The third kappa shape index (κ3) is 2.46. The molecule has 0 aromatic carbocycles. The average Bonchev–Trinajstić information content (AvgIpc) is 2.73. The lowest BCUT2D eigenvalue weighted by Crippen LogP contribution is -2.19. The number of pyridine rings is 1. The van der Waals surface area contributed by atoms with E-state index in [1.807, 2.05) is 18.3 Å². The molecule has 0 spiro atoms. The lowest BCUT2D eigenvalue weighted by atomic mass is 9.92. The SMILES string of the molecule is C#Cc1ccc(C(C)(C)C)n1Cc1cccnc1. The van der Waals surface area contributed by atoms with Gasteiger partial charge in [-0.3, -0.25) is 4.98 Å². The van der Waals surface area contributed by atoms with Crippen molar-refractivity contribution in [3.05, 3.63) is 53.6 Å². The first-order chi connectivity index (χ1) is 8.52. The van der Waals surface area contributed by atoms with Gasteiger partial charge in [-0.1, -0.05) is 32.8 Å². The summed E-state index contributed by atoms with van der Waals surface area (Å²) in [6, 6.07) is 8.15. The summed E-state index contributed by atoms with van der Waals surface area (Å²) >= 11 is 0. The minimum absolute atomic E-state index is 0.0807. The van der Waals surface area contributed by atoms with E-state index in [2.05, 4.69) is 48.4 Å². The highest BCUT2D eigenvalue weighted by atomic mass is 15.0. The first-order valence-electron chi connectivity index (χ1n) is 6.08. The normalized spacial score (nSPS) is 11.2. The summed E-state index contributed by atoms with van der Waals surface area (Å²) in [6.45, 7) is 7.36. The molecule has 2 nitrogen and oxygen atoms in total. The van der Waals surface area contributed by atoms with Crippen molar-refractivity contribution in [1.82, 2.24) is 9.55 Å². The Labute approximate surface area is 109 Å². The van der Waals surface area contributed by atoms with Crippen LogP contribution >= 0.6 is 0 Å². The second-order valence-corrected chi connectivity index (χ2v) is 5.45.